The van der Waals surface area contributed by atoms with Gasteiger partial charge in [-0.25, -0.2) is 4.39 Å². The van der Waals surface area contributed by atoms with Gasteiger partial charge in [-0.1, -0.05) is 60.1 Å². The molecule has 2 heterocycles. The van der Waals surface area contributed by atoms with E-state index in [9.17, 15) is 14.0 Å². The van der Waals surface area contributed by atoms with E-state index in [0.717, 1.165) is 22.4 Å². The number of carbonyl (C=O) groups is 2. The number of ether oxygens (including phenoxy) is 1. The summed E-state index contributed by atoms with van der Waals surface area (Å²) in [7, 11) is 1.60. The Morgan fingerprint density at radius 2 is 1.62 bits per heavy atom. The van der Waals surface area contributed by atoms with Crippen molar-refractivity contribution in [1.82, 2.24) is 9.80 Å². The fourth-order valence-corrected chi connectivity index (χ4v) is 6.23. The SMILES string of the molecule is COc1ccc([C@H]2[C@H](C(=O)N3CCN(c4cccc(Cl)c4)CC3)c3ccccc3C(=O)N2Cc2ccc(F)cc2)cc1. The molecule has 0 saturated carbocycles. The zero-order chi connectivity index (χ0) is 29.2. The first kappa shape index (κ1) is 27.8. The predicted octanol–water partition coefficient (Wildman–Crippen LogP) is 6.32. The highest BCUT2D eigenvalue weighted by Crippen LogP contribution is 2.45. The number of hydrogen-bond acceptors (Lipinski definition) is 4. The van der Waals surface area contributed by atoms with Crippen LogP contribution in [0.5, 0.6) is 5.75 Å². The van der Waals surface area contributed by atoms with Gasteiger partial charge in [0.2, 0.25) is 5.91 Å². The van der Waals surface area contributed by atoms with Crippen molar-refractivity contribution in [3.63, 3.8) is 0 Å². The number of hydrogen-bond donors (Lipinski definition) is 0. The highest BCUT2D eigenvalue weighted by atomic mass is 35.5. The average molecular weight is 584 g/mol. The Morgan fingerprint density at radius 1 is 0.905 bits per heavy atom. The Bertz CT molecular complexity index is 1590. The summed E-state index contributed by atoms with van der Waals surface area (Å²) in [6.45, 7) is 2.67. The number of anilines is 1. The molecule has 2 amide bonds. The van der Waals surface area contributed by atoms with Crippen LogP contribution < -0.4 is 9.64 Å². The van der Waals surface area contributed by atoms with Gasteiger partial charge in [-0.15, -0.1) is 0 Å². The van der Waals surface area contributed by atoms with Crippen LogP contribution >= 0.6 is 11.6 Å². The highest BCUT2D eigenvalue weighted by Gasteiger charge is 2.45. The van der Waals surface area contributed by atoms with Gasteiger partial charge in [0.05, 0.1) is 19.1 Å². The number of fused-ring (bicyclic) bond motifs is 1. The number of carbonyl (C=O) groups excluding carboxylic acids is 2. The van der Waals surface area contributed by atoms with Gasteiger partial charge < -0.3 is 19.4 Å². The number of piperazine rings is 1. The van der Waals surface area contributed by atoms with E-state index in [2.05, 4.69) is 4.90 Å². The minimum absolute atomic E-state index is 0.0226. The molecule has 6 nitrogen and oxygen atoms in total. The number of nitrogens with zero attached hydrogens (tertiary/aromatic N) is 3. The average Bonchev–Trinajstić information content (AvgIpc) is 3.03. The number of benzene rings is 4. The van der Waals surface area contributed by atoms with Crippen LogP contribution in [0.4, 0.5) is 10.1 Å². The van der Waals surface area contributed by atoms with Gasteiger partial charge in [0, 0.05) is 49.0 Å². The van der Waals surface area contributed by atoms with E-state index in [1.54, 1.807) is 30.2 Å². The standard InChI is InChI=1S/C34H31ClFN3O3/c1-42-28-15-11-24(12-16-28)32-31(34(41)38-19-17-37(18-20-38)27-6-4-5-25(35)21-27)29-7-2-3-8-30(29)33(40)39(32)22-23-9-13-26(36)14-10-23/h2-16,21,31-32H,17-20,22H2,1H3/t31-,32+/m1/s1. The molecule has 2 aliphatic heterocycles. The number of methoxy groups -OCH3 is 1. The first-order valence-electron chi connectivity index (χ1n) is 14.0. The summed E-state index contributed by atoms with van der Waals surface area (Å²) in [5, 5.41) is 0.679. The molecule has 0 bridgehead atoms. The molecule has 6 rings (SSSR count). The highest BCUT2D eigenvalue weighted by molar-refractivity contribution is 6.30. The normalized spacial score (nSPS) is 18.5. The first-order valence-corrected chi connectivity index (χ1v) is 14.4. The Hall–Kier alpha value is -4.36. The number of rotatable bonds is 6. The van der Waals surface area contributed by atoms with Gasteiger partial charge in [-0.3, -0.25) is 9.59 Å². The van der Waals surface area contributed by atoms with Gasteiger partial charge >= 0.3 is 0 Å². The molecule has 0 aromatic heterocycles. The van der Waals surface area contributed by atoms with Gasteiger partial charge in [0.1, 0.15) is 11.6 Å². The lowest BCUT2D eigenvalue weighted by Gasteiger charge is -2.45. The molecule has 4 aromatic rings. The molecule has 214 valence electrons. The van der Waals surface area contributed by atoms with Gasteiger partial charge in [-0.05, 0) is 65.2 Å². The van der Waals surface area contributed by atoms with E-state index < -0.39 is 12.0 Å². The molecule has 42 heavy (non-hydrogen) atoms. The third kappa shape index (κ3) is 5.44. The van der Waals surface area contributed by atoms with Crippen LogP contribution in [-0.4, -0.2) is 54.9 Å². The van der Waals surface area contributed by atoms with Crippen molar-refractivity contribution in [2.24, 2.45) is 0 Å². The largest absolute Gasteiger partial charge is 0.497 e. The first-order chi connectivity index (χ1) is 20.4. The maximum atomic E-state index is 14.5. The van der Waals surface area contributed by atoms with Crippen LogP contribution in [0.2, 0.25) is 5.02 Å². The molecule has 2 aliphatic rings. The molecule has 0 aliphatic carbocycles. The van der Waals surface area contributed by atoms with Crippen LogP contribution in [0.15, 0.2) is 97.1 Å². The molecular weight excluding hydrogens is 553 g/mol. The topological polar surface area (TPSA) is 53.1 Å². The fourth-order valence-electron chi connectivity index (χ4n) is 6.05. The van der Waals surface area contributed by atoms with E-state index >= 15 is 0 Å². The van der Waals surface area contributed by atoms with Gasteiger partial charge in [0.25, 0.3) is 5.91 Å². The predicted molar refractivity (Wildman–Crippen MR) is 161 cm³/mol. The Kier molecular flexibility index (Phi) is 7.85. The van der Waals surface area contributed by atoms with E-state index in [1.807, 2.05) is 71.6 Å². The minimum Gasteiger partial charge on any atom is -0.497 e. The summed E-state index contributed by atoms with van der Waals surface area (Å²) in [5.74, 6) is -0.459. The number of amides is 2. The molecule has 0 unspecified atom stereocenters. The molecule has 4 aromatic carbocycles. The monoisotopic (exact) mass is 583 g/mol. The van der Waals surface area contributed by atoms with Crippen LogP contribution in [0.25, 0.3) is 0 Å². The van der Waals surface area contributed by atoms with Crippen molar-refractivity contribution < 1.29 is 18.7 Å². The Labute approximate surface area is 249 Å². The molecule has 0 radical (unpaired) electrons. The summed E-state index contributed by atoms with van der Waals surface area (Å²) in [4.78, 5) is 34.5. The zero-order valence-electron chi connectivity index (χ0n) is 23.3. The summed E-state index contributed by atoms with van der Waals surface area (Å²) in [6.07, 6.45) is 0. The lowest BCUT2D eigenvalue weighted by molar-refractivity contribution is -0.135. The molecule has 0 N–H and O–H groups in total. The smallest absolute Gasteiger partial charge is 0.255 e. The van der Waals surface area contributed by atoms with Crippen LogP contribution in [0.3, 0.4) is 0 Å². The fraction of sp³-hybridized carbons (Fsp3) is 0.235. The van der Waals surface area contributed by atoms with E-state index in [1.165, 1.54) is 12.1 Å². The third-order valence-corrected chi connectivity index (χ3v) is 8.43. The summed E-state index contributed by atoms with van der Waals surface area (Å²) < 4.78 is 19.1. The lowest BCUT2D eigenvalue weighted by atomic mass is 9.78. The van der Waals surface area contributed by atoms with Crippen molar-refractivity contribution in [1.29, 1.82) is 0 Å². The summed E-state index contributed by atoms with van der Waals surface area (Å²) in [5.41, 5.74) is 3.88. The number of halogens is 2. The zero-order valence-corrected chi connectivity index (χ0v) is 24.0. The summed E-state index contributed by atoms with van der Waals surface area (Å²) >= 11 is 6.23. The molecule has 2 atom stereocenters. The maximum Gasteiger partial charge on any atom is 0.255 e. The Balaban J connectivity index is 1.37. The van der Waals surface area contributed by atoms with Crippen LogP contribution in [0.1, 0.15) is 39.0 Å². The third-order valence-electron chi connectivity index (χ3n) is 8.19. The lowest BCUT2D eigenvalue weighted by Crippen LogP contribution is -2.53. The van der Waals surface area contributed by atoms with Crippen molar-refractivity contribution in [2.75, 3.05) is 38.2 Å². The van der Waals surface area contributed by atoms with Crippen LogP contribution in [-0.2, 0) is 11.3 Å². The second kappa shape index (κ2) is 11.9. The van der Waals surface area contributed by atoms with Gasteiger partial charge in [0.15, 0.2) is 0 Å². The van der Waals surface area contributed by atoms with E-state index in [4.69, 9.17) is 16.3 Å². The molecule has 0 spiro atoms. The van der Waals surface area contributed by atoms with Crippen molar-refractivity contribution >= 4 is 29.1 Å². The molecule has 1 fully saturated rings. The Morgan fingerprint density at radius 3 is 2.31 bits per heavy atom. The molecule has 8 heteroatoms. The van der Waals surface area contributed by atoms with Crippen molar-refractivity contribution in [2.45, 2.75) is 18.5 Å². The van der Waals surface area contributed by atoms with E-state index in [0.29, 0.717) is 42.5 Å². The maximum absolute atomic E-state index is 14.5. The van der Waals surface area contributed by atoms with Crippen molar-refractivity contribution in [3.05, 3.63) is 130 Å². The summed E-state index contributed by atoms with van der Waals surface area (Å²) in [6, 6.07) is 28.2. The van der Waals surface area contributed by atoms with Crippen LogP contribution in [0, 0.1) is 5.82 Å². The quantitative estimate of drug-likeness (QED) is 0.267. The minimum atomic E-state index is -0.620. The van der Waals surface area contributed by atoms with E-state index in [-0.39, 0.29) is 24.2 Å². The molecular formula is C34H31ClFN3O3. The van der Waals surface area contributed by atoms with Gasteiger partial charge in [-0.2, -0.15) is 0 Å². The second-order valence-corrected chi connectivity index (χ2v) is 11.1. The second-order valence-electron chi connectivity index (χ2n) is 10.6. The van der Waals surface area contributed by atoms with Crippen molar-refractivity contribution in [3.8, 4) is 5.75 Å². The molecule has 1 saturated heterocycles.